The summed E-state index contributed by atoms with van der Waals surface area (Å²) in [6, 6.07) is 11.5. The van der Waals surface area contributed by atoms with Gasteiger partial charge in [0.15, 0.2) is 0 Å². The summed E-state index contributed by atoms with van der Waals surface area (Å²) >= 11 is 7.48. The van der Waals surface area contributed by atoms with Gasteiger partial charge in [0.2, 0.25) is 0 Å². The molecular formula is C15H18ClNO2S. The lowest BCUT2D eigenvalue weighted by molar-refractivity contribution is 0.177. The molecule has 0 radical (unpaired) electrons. The number of hydrogen-bond acceptors (Lipinski definition) is 4. The molecule has 5 heteroatoms. The van der Waals surface area contributed by atoms with Crippen LogP contribution in [0.4, 0.5) is 0 Å². The Balaban J connectivity index is 2.18. The van der Waals surface area contributed by atoms with Crippen LogP contribution in [0.5, 0.6) is 5.75 Å². The zero-order chi connectivity index (χ0) is 14.5. The fourth-order valence-corrected chi connectivity index (χ4v) is 3.13. The van der Waals surface area contributed by atoms with Gasteiger partial charge in [-0.1, -0.05) is 23.7 Å². The van der Waals surface area contributed by atoms with Gasteiger partial charge >= 0.3 is 0 Å². The highest BCUT2D eigenvalue weighted by molar-refractivity contribution is 7.16. The predicted molar refractivity (Wildman–Crippen MR) is 83.5 cm³/mol. The number of benzene rings is 1. The van der Waals surface area contributed by atoms with E-state index in [1.165, 1.54) is 11.3 Å². The highest BCUT2D eigenvalue weighted by Crippen LogP contribution is 2.32. The van der Waals surface area contributed by atoms with Crippen LogP contribution in [0.15, 0.2) is 36.4 Å². The Morgan fingerprint density at radius 1 is 1.30 bits per heavy atom. The van der Waals surface area contributed by atoms with E-state index in [1.807, 2.05) is 43.3 Å². The van der Waals surface area contributed by atoms with E-state index in [1.54, 1.807) is 7.11 Å². The van der Waals surface area contributed by atoms with Gasteiger partial charge in [-0.3, -0.25) is 0 Å². The molecule has 2 atom stereocenters. The summed E-state index contributed by atoms with van der Waals surface area (Å²) in [5, 5.41) is 0. The summed E-state index contributed by atoms with van der Waals surface area (Å²) in [5.74, 6) is 0.784. The van der Waals surface area contributed by atoms with Crippen LogP contribution in [-0.4, -0.2) is 13.2 Å². The molecule has 2 unspecified atom stereocenters. The maximum absolute atomic E-state index is 6.04. The van der Waals surface area contributed by atoms with Gasteiger partial charge in [0, 0.05) is 18.0 Å². The third kappa shape index (κ3) is 3.96. The van der Waals surface area contributed by atoms with Crippen molar-refractivity contribution in [3.05, 3.63) is 51.2 Å². The first-order chi connectivity index (χ1) is 9.60. The predicted octanol–water partition coefficient (Wildman–Crippen LogP) is 4.02. The lowest BCUT2D eigenvalue weighted by Crippen LogP contribution is -2.28. The first kappa shape index (κ1) is 15.3. The number of halogens is 1. The Kier molecular flexibility index (Phi) is 5.43. The van der Waals surface area contributed by atoms with Crippen molar-refractivity contribution in [3.8, 4) is 5.75 Å². The van der Waals surface area contributed by atoms with Crippen molar-refractivity contribution in [2.24, 2.45) is 5.73 Å². The summed E-state index contributed by atoms with van der Waals surface area (Å²) in [4.78, 5) is 1.03. The summed E-state index contributed by atoms with van der Waals surface area (Å²) in [6.07, 6.45) is -0.203. The quantitative estimate of drug-likeness (QED) is 0.876. The normalized spacial score (nSPS) is 14.0. The Morgan fingerprint density at radius 3 is 2.70 bits per heavy atom. The van der Waals surface area contributed by atoms with Crippen LogP contribution < -0.4 is 10.5 Å². The second-order valence-corrected chi connectivity index (χ2v) is 6.37. The summed E-state index contributed by atoms with van der Waals surface area (Å²) < 4.78 is 11.9. The van der Waals surface area contributed by atoms with E-state index in [0.29, 0.717) is 6.61 Å². The fourth-order valence-electron chi connectivity index (χ4n) is 1.93. The first-order valence-electron chi connectivity index (χ1n) is 6.35. The van der Waals surface area contributed by atoms with Crippen molar-refractivity contribution in [1.82, 2.24) is 0 Å². The van der Waals surface area contributed by atoms with Crippen LogP contribution in [0.25, 0.3) is 0 Å². The molecule has 0 saturated carbocycles. The van der Waals surface area contributed by atoms with Gasteiger partial charge in [-0.05, 0) is 36.8 Å². The van der Waals surface area contributed by atoms with Crippen molar-refractivity contribution >= 4 is 22.9 Å². The van der Waals surface area contributed by atoms with E-state index in [-0.39, 0.29) is 12.1 Å². The molecule has 0 aliphatic rings. The lowest BCUT2D eigenvalue weighted by atomic mass is 10.1. The molecule has 0 amide bonds. The summed E-state index contributed by atoms with van der Waals surface area (Å²) in [6.45, 7) is 2.49. The van der Waals surface area contributed by atoms with Gasteiger partial charge in [0.05, 0.1) is 10.9 Å². The van der Waals surface area contributed by atoms with E-state index in [2.05, 4.69) is 0 Å². The zero-order valence-corrected chi connectivity index (χ0v) is 13.1. The second kappa shape index (κ2) is 7.09. The molecule has 0 fully saturated rings. The summed E-state index contributed by atoms with van der Waals surface area (Å²) in [7, 11) is 1.67. The molecule has 0 spiro atoms. The minimum Gasteiger partial charge on any atom is -0.483 e. The van der Waals surface area contributed by atoms with Gasteiger partial charge < -0.3 is 15.2 Å². The van der Waals surface area contributed by atoms with Crippen LogP contribution in [0.3, 0.4) is 0 Å². The van der Waals surface area contributed by atoms with Crippen molar-refractivity contribution in [2.45, 2.75) is 25.7 Å². The minimum absolute atomic E-state index is 0.129. The molecule has 0 aliphatic carbocycles. The first-order valence-corrected chi connectivity index (χ1v) is 7.55. The summed E-state index contributed by atoms with van der Waals surface area (Å²) in [5.41, 5.74) is 7.10. The van der Waals surface area contributed by atoms with E-state index in [9.17, 15) is 0 Å². The van der Waals surface area contributed by atoms with E-state index in [0.717, 1.165) is 20.5 Å². The SMILES string of the molecule is COCc1cccc(OC(c2ccc(Cl)s2)C(C)N)c1. The van der Waals surface area contributed by atoms with Gasteiger partial charge in [0.1, 0.15) is 11.9 Å². The van der Waals surface area contributed by atoms with Crippen LogP contribution in [0, 0.1) is 0 Å². The van der Waals surface area contributed by atoms with E-state index < -0.39 is 0 Å². The Bertz CT molecular complexity index is 556. The van der Waals surface area contributed by atoms with Gasteiger partial charge in [-0.15, -0.1) is 11.3 Å². The Hall–Kier alpha value is -1.07. The standard InChI is InChI=1S/C15H18ClNO2S/c1-10(17)15(13-6-7-14(16)20-13)19-12-5-3-4-11(8-12)9-18-2/h3-8,10,15H,9,17H2,1-2H3. The van der Waals surface area contributed by atoms with Crippen molar-refractivity contribution in [3.63, 3.8) is 0 Å². The number of hydrogen-bond donors (Lipinski definition) is 1. The maximum Gasteiger partial charge on any atom is 0.148 e. The van der Waals surface area contributed by atoms with Crippen LogP contribution in [0.2, 0.25) is 4.34 Å². The fraction of sp³-hybridized carbons (Fsp3) is 0.333. The molecule has 0 saturated heterocycles. The molecule has 20 heavy (non-hydrogen) atoms. The van der Waals surface area contributed by atoms with Crippen LogP contribution in [-0.2, 0) is 11.3 Å². The van der Waals surface area contributed by atoms with Crippen LogP contribution >= 0.6 is 22.9 Å². The minimum atomic E-state index is -0.203. The smallest absolute Gasteiger partial charge is 0.148 e. The number of nitrogens with two attached hydrogens (primary N) is 1. The Labute approximate surface area is 128 Å². The van der Waals surface area contributed by atoms with Gasteiger partial charge in [-0.25, -0.2) is 0 Å². The molecule has 1 heterocycles. The topological polar surface area (TPSA) is 44.5 Å². The highest BCUT2D eigenvalue weighted by atomic mass is 35.5. The van der Waals surface area contributed by atoms with Gasteiger partial charge in [-0.2, -0.15) is 0 Å². The molecule has 1 aromatic carbocycles. The molecule has 3 nitrogen and oxygen atoms in total. The van der Waals surface area contributed by atoms with Crippen molar-refractivity contribution in [1.29, 1.82) is 0 Å². The lowest BCUT2D eigenvalue weighted by Gasteiger charge is -2.21. The number of rotatable bonds is 6. The molecule has 108 valence electrons. The van der Waals surface area contributed by atoms with Crippen molar-refractivity contribution < 1.29 is 9.47 Å². The molecule has 1 aromatic heterocycles. The molecule has 2 rings (SSSR count). The number of thiophene rings is 1. The number of ether oxygens (including phenoxy) is 2. The van der Waals surface area contributed by atoms with E-state index >= 15 is 0 Å². The largest absolute Gasteiger partial charge is 0.483 e. The third-order valence-corrected chi connectivity index (χ3v) is 4.12. The molecular weight excluding hydrogens is 294 g/mol. The maximum atomic E-state index is 6.04. The number of methoxy groups -OCH3 is 1. The molecule has 2 aromatic rings. The highest BCUT2D eigenvalue weighted by Gasteiger charge is 2.20. The molecule has 0 aliphatic heterocycles. The average molecular weight is 312 g/mol. The monoisotopic (exact) mass is 311 g/mol. The van der Waals surface area contributed by atoms with Crippen molar-refractivity contribution in [2.75, 3.05) is 7.11 Å². The Morgan fingerprint density at radius 2 is 2.10 bits per heavy atom. The second-order valence-electron chi connectivity index (χ2n) is 4.62. The van der Waals surface area contributed by atoms with Gasteiger partial charge in [0.25, 0.3) is 0 Å². The average Bonchev–Trinajstić information content (AvgIpc) is 2.83. The third-order valence-electron chi connectivity index (χ3n) is 2.82. The molecule has 2 N–H and O–H groups in total. The van der Waals surface area contributed by atoms with Crippen LogP contribution in [0.1, 0.15) is 23.5 Å². The zero-order valence-electron chi connectivity index (χ0n) is 11.5. The molecule has 0 bridgehead atoms. The van der Waals surface area contributed by atoms with E-state index in [4.69, 9.17) is 26.8 Å².